The third-order valence-corrected chi connectivity index (χ3v) is 4.64. The molecule has 10 heteroatoms. The average Bonchev–Trinajstić information content (AvgIpc) is 3.18. The van der Waals surface area contributed by atoms with E-state index in [2.05, 4.69) is 10.4 Å². The van der Waals surface area contributed by atoms with Gasteiger partial charge >= 0.3 is 0 Å². The third kappa shape index (κ3) is 4.16. The van der Waals surface area contributed by atoms with Crippen molar-refractivity contribution in [2.75, 3.05) is 5.32 Å². The molecule has 2 heterocycles. The standard InChI is InChI=1S/C15H10Cl2N4O3S/c16-10-1-2-12(13(4-10)21(23)24)19-15(22)14-3-9(8-25-14)6-20-7-11(17)5-18-20/h1-5,7-8H,6H2,(H,19,22). The van der Waals surface area contributed by atoms with Crippen LogP contribution in [0.5, 0.6) is 0 Å². The van der Waals surface area contributed by atoms with Crippen LogP contribution in [-0.2, 0) is 6.54 Å². The Bertz CT molecular complexity index is 954. The lowest BCUT2D eigenvalue weighted by atomic mass is 10.2. The van der Waals surface area contributed by atoms with Crippen LogP contribution < -0.4 is 5.32 Å². The third-order valence-electron chi connectivity index (χ3n) is 3.23. The molecule has 0 spiro atoms. The van der Waals surface area contributed by atoms with E-state index in [1.54, 1.807) is 16.9 Å². The molecule has 7 nitrogen and oxygen atoms in total. The van der Waals surface area contributed by atoms with Gasteiger partial charge in [0.05, 0.1) is 27.6 Å². The van der Waals surface area contributed by atoms with Gasteiger partial charge in [0.1, 0.15) is 5.69 Å². The van der Waals surface area contributed by atoms with Crippen molar-refractivity contribution >= 4 is 51.8 Å². The van der Waals surface area contributed by atoms with Crippen molar-refractivity contribution in [1.82, 2.24) is 9.78 Å². The summed E-state index contributed by atoms with van der Waals surface area (Å²) in [5.41, 5.74) is 0.706. The highest BCUT2D eigenvalue weighted by atomic mass is 35.5. The molecule has 0 saturated carbocycles. The number of halogens is 2. The van der Waals surface area contributed by atoms with Crippen molar-refractivity contribution in [1.29, 1.82) is 0 Å². The van der Waals surface area contributed by atoms with E-state index in [0.717, 1.165) is 5.56 Å². The van der Waals surface area contributed by atoms with E-state index >= 15 is 0 Å². The van der Waals surface area contributed by atoms with E-state index in [4.69, 9.17) is 23.2 Å². The minimum atomic E-state index is -0.594. The molecular weight excluding hydrogens is 387 g/mol. The quantitative estimate of drug-likeness (QED) is 0.508. The van der Waals surface area contributed by atoms with Gasteiger partial charge < -0.3 is 5.32 Å². The average molecular weight is 397 g/mol. The van der Waals surface area contributed by atoms with Crippen molar-refractivity contribution in [2.24, 2.45) is 0 Å². The molecule has 3 rings (SSSR count). The number of benzene rings is 1. The zero-order valence-electron chi connectivity index (χ0n) is 12.5. The number of rotatable bonds is 5. The minimum absolute atomic E-state index is 0.0909. The maximum atomic E-state index is 12.3. The smallest absolute Gasteiger partial charge is 0.294 e. The van der Waals surface area contributed by atoms with Crippen LogP contribution in [0.25, 0.3) is 0 Å². The van der Waals surface area contributed by atoms with E-state index in [9.17, 15) is 14.9 Å². The number of nitro benzene ring substituents is 1. The maximum absolute atomic E-state index is 12.3. The highest BCUT2D eigenvalue weighted by molar-refractivity contribution is 7.12. The SMILES string of the molecule is O=C(Nc1ccc(Cl)cc1[N+](=O)[O-])c1cc(Cn2cc(Cl)cn2)cs1. The van der Waals surface area contributed by atoms with Gasteiger partial charge in [-0.05, 0) is 29.1 Å². The predicted octanol–water partition coefficient (Wildman–Crippen LogP) is 4.46. The molecule has 0 fully saturated rings. The fraction of sp³-hybridized carbons (Fsp3) is 0.0667. The summed E-state index contributed by atoms with van der Waals surface area (Å²) in [6, 6.07) is 5.78. The number of nitrogens with one attached hydrogen (secondary N) is 1. The Morgan fingerprint density at radius 2 is 2.12 bits per heavy atom. The lowest BCUT2D eigenvalue weighted by Gasteiger charge is -2.05. The van der Waals surface area contributed by atoms with Crippen molar-refractivity contribution < 1.29 is 9.72 Å². The van der Waals surface area contributed by atoms with Crippen LogP contribution in [0.2, 0.25) is 10.0 Å². The number of amides is 1. The van der Waals surface area contributed by atoms with Gasteiger partial charge in [-0.3, -0.25) is 19.6 Å². The first kappa shape index (κ1) is 17.4. The fourth-order valence-electron chi connectivity index (χ4n) is 2.13. The van der Waals surface area contributed by atoms with Gasteiger partial charge in [0.25, 0.3) is 11.6 Å². The lowest BCUT2D eigenvalue weighted by molar-refractivity contribution is -0.383. The van der Waals surface area contributed by atoms with Crippen LogP contribution in [0.15, 0.2) is 42.0 Å². The normalized spacial score (nSPS) is 10.6. The zero-order valence-corrected chi connectivity index (χ0v) is 14.8. The minimum Gasteiger partial charge on any atom is -0.316 e. The molecule has 0 atom stereocenters. The zero-order chi connectivity index (χ0) is 18.0. The molecule has 25 heavy (non-hydrogen) atoms. The molecule has 0 radical (unpaired) electrons. The molecule has 1 N–H and O–H groups in total. The molecule has 0 aliphatic carbocycles. The molecule has 3 aromatic rings. The van der Waals surface area contributed by atoms with Crippen LogP contribution in [0.4, 0.5) is 11.4 Å². The summed E-state index contributed by atoms with van der Waals surface area (Å²) < 4.78 is 1.65. The Morgan fingerprint density at radius 3 is 2.80 bits per heavy atom. The Morgan fingerprint density at radius 1 is 1.32 bits per heavy atom. The van der Waals surface area contributed by atoms with Crippen LogP contribution in [0.3, 0.4) is 0 Å². The maximum Gasteiger partial charge on any atom is 0.294 e. The number of hydrogen-bond donors (Lipinski definition) is 1. The molecule has 1 amide bonds. The second-order valence-electron chi connectivity index (χ2n) is 5.05. The van der Waals surface area contributed by atoms with E-state index in [1.165, 1.54) is 35.7 Å². The number of aromatic nitrogens is 2. The first-order valence-corrected chi connectivity index (χ1v) is 8.56. The molecule has 0 bridgehead atoms. The Labute approximate surface area is 155 Å². The summed E-state index contributed by atoms with van der Waals surface area (Å²) in [6.45, 7) is 0.470. The molecule has 0 unspecified atom stereocenters. The highest BCUT2D eigenvalue weighted by Gasteiger charge is 2.18. The van der Waals surface area contributed by atoms with Gasteiger partial charge in [0.15, 0.2) is 0 Å². The molecular formula is C15H10Cl2N4O3S. The van der Waals surface area contributed by atoms with Crippen LogP contribution in [0.1, 0.15) is 15.2 Å². The Hall–Kier alpha value is -2.42. The van der Waals surface area contributed by atoms with E-state index in [1.807, 2.05) is 5.38 Å². The summed E-state index contributed by atoms with van der Waals surface area (Å²) in [5, 5.41) is 20.3. The molecule has 0 aliphatic rings. The monoisotopic (exact) mass is 396 g/mol. The number of nitrogens with zero attached hydrogens (tertiary/aromatic N) is 3. The largest absolute Gasteiger partial charge is 0.316 e. The molecule has 128 valence electrons. The number of carbonyl (C=O) groups is 1. The lowest BCUT2D eigenvalue weighted by Crippen LogP contribution is -2.11. The molecule has 0 saturated heterocycles. The second kappa shape index (κ2) is 7.22. The summed E-state index contributed by atoms with van der Waals surface area (Å²) in [4.78, 5) is 23.3. The summed E-state index contributed by atoms with van der Waals surface area (Å²) in [5.74, 6) is -0.430. The van der Waals surface area contributed by atoms with Crippen LogP contribution in [-0.4, -0.2) is 20.6 Å². The number of thiophene rings is 1. The van der Waals surface area contributed by atoms with E-state index in [-0.39, 0.29) is 16.4 Å². The van der Waals surface area contributed by atoms with Gasteiger partial charge in [-0.25, -0.2) is 0 Å². The van der Waals surface area contributed by atoms with Gasteiger partial charge in [-0.2, -0.15) is 5.10 Å². The van der Waals surface area contributed by atoms with Crippen LogP contribution >= 0.6 is 34.5 Å². The highest BCUT2D eigenvalue weighted by Crippen LogP contribution is 2.28. The second-order valence-corrected chi connectivity index (χ2v) is 6.83. The fourth-order valence-corrected chi connectivity index (χ4v) is 3.26. The predicted molar refractivity (Wildman–Crippen MR) is 96.7 cm³/mol. The van der Waals surface area contributed by atoms with Crippen molar-refractivity contribution in [3.05, 3.63) is 72.6 Å². The number of hydrogen-bond acceptors (Lipinski definition) is 5. The topological polar surface area (TPSA) is 90.1 Å². The summed E-state index contributed by atoms with van der Waals surface area (Å²) in [7, 11) is 0. The molecule has 2 aromatic heterocycles. The van der Waals surface area contributed by atoms with Crippen LogP contribution in [0, 0.1) is 10.1 Å². The summed E-state index contributed by atoms with van der Waals surface area (Å²) in [6.07, 6.45) is 3.21. The summed E-state index contributed by atoms with van der Waals surface area (Å²) >= 11 is 12.8. The van der Waals surface area contributed by atoms with Gasteiger partial charge in [0.2, 0.25) is 0 Å². The Balaban J connectivity index is 1.75. The molecule has 0 aliphatic heterocycles. The van der Waals surface area contributed by atoms with Crippen molar-refractivity contribution in [3.8, 4) is 0 Å². The first-order valence-electron chi connectivity index (χ1n) is 6.93. The van der Waals surface area contributed by atoms with Gasteiger partial charge in [-0.1, -0.05) is 23.2 Å². The van der Waals surface area contributed by atoms with E-state index in [0.29, 0.717) is 16.4 Å². The Kier molecular flexibility index (Phi) is 5.03. The molecule has 1 aromatic carbocycles. The number of nitro groups is 1. The van der Waals surface area contributed by atoms with Crippen molar-refractivity contribution in [2.45, 2.75) is 6.54 Å². The van der Waals surface area contributed by atoms with E-state index < -0.39 is 10.8 Å². The first-order chi connectivity index (χ1) is 11.9. The number of carbonyl (C=O) groups excluding carboxylic acids is 1. The number of anilines is 1. The van der Waals surface area contributed by atoms with Gasteiger partial charge in [-0.15, -0.1) is 11.3 Å². The van der Waals surface area contributed by atoms with Gasteiger partial charge in [0, 0.05) is 17.3 Å². The van der Waals surface area contributed by atoms with Crippen molar-refractivity contribution in [3.63, 3.8) is 0 Å².